The van der Waals surface area contributed by atoms with Gasteiger partial charge in [-0.15, -0.1) is 0 Å². The number of rotatable bonds is 5. The largest absolute Gasteiger partial charge is 0.508 e. The van der Waals surface area contributed by atoms with Gasteiger partial charge in [-0.2, -0.15) is 0 Å². The maximum atomic E-state index is 11.6. The van der Waals surface area contributed by atoms with E-state index in [0.717, 1.165) is 31.4 Å². The van der Waals surface area contributed by atoms with Crippen LogP contribution in [0, 0.1) is 12.8 Å². The summed E-state index contributed by atoms with van der Waals surface area (Å²) in [6.45, 7) is 5.71. The molecule has 0 saturated heterocycles. The van der Waals surface area contributed by atoms with E-state index in [2.05, 4.69) is 24.5 Å². The van der Waals surface area contributed by atoms with Gasteiger partial charge < -0.3 is 15.7 Å². The maximum absolute atomic E-state index is 11.6. The topological polar surface area (TPSA) is 61.4 Å². The standard InChI is InChI=1S/C17H24N2O2/c1-10-3-6-14(20)16-13(9-11(2)15(10)16)18-7-8-19-17(21)12-4-5-12/h3,6,11-13,18,20H,4-5,7-9H2,1-2H3,(H,19,21). The molecule has 1 fully saturated rings. The zero-order chi connectivity index (χ0) is 15.0. The van der Waals surface area contributed by atoms with Crippen LogP contribution in [0.1, 0.15) is 54.8 Å². The molecule has 0 radical (unpaired) electrons. The van der Waals surface area contributed by atoms with Crippen molar-refractivity contribution >= 4 is 5.91 Å². The van der Waals surface area contributed by atoms with Gasteiger partial charge in [0.25, 0.3) is 0 Å². The van der Waals surface area contributed by atoms with Gasteiger partial charge in [0.15, 0.2) is 0 Å². The smallest absolute Gasteiger partial charge is 0.223 e. The molecule has 0 aliphatic heterocycles. The van der Waals surface area contributed by atoms with E-state index in [4.69, 9.17) is 0 Å². The van der Waals surface area contributed by atoms with Gasteiger partial charge in [-0.05, 0) is 49.3 Å². The predicted octanol–water partition coefficient (Wildman–Crippen LogP) is 2.36. The van der Waals surface area contributed by atoms with Crippen LogP contribution in [0.15, 0.2) is 12.1 Å². The molecule has 1 aromatic carbocycles. The zero-order valence-electron chi connectivity index (χ0n) is 12.8. The van der Waals surface area contributed by atoms with E-state index < -0.39 is 0 Å². The lowest BCUT2D eigenvalue weighted by atomic mass is 9.97. The first-order chi connectivity index (χ1) is 10.1. The van der Waals surface area contributed by atoms with Crippen LogP contribution < -0.4 is 10.6 Å². The predicted molar refractivity (Wildman–Crippen MR) is 82.4 cm³/mol. The molecule has 0 aromatic heterocycles. The van der Waals surface area contributed by atoms with Gasteiger partial charge in [0.1, 0.15) is 5.75 Å². The van der Waals surface area contributed by atoms with Gasteiger partial charge in [-0.1, -0.05) is 13.0 Å². The first kappa shape index (κ1) is 14.4. The Labute approximate surface area is 125 Å². The lowest BCUT2D eigenvalue weighted by Gasteiger charge is -2.16. The number of hydrogen-bond acceptors (Lipinski definition) is 3. The van der Waals surface area contributed by atoms with Crippen molar-refractivity contribution < 1.29 is 9.90 Å². The second-order valence-corrected chi connectivity index (χ2v) is 6.44. The van der Waals surface area contributed by atoms with E-state index >= 15 is 0 Å². The number of hydrogen-bond donors (Lipinski definition) is 3. The van der Waals surface area contributed by atoms with Crippen molar-refractivity contribution in [2.24, 2.45) is 5.92 Å². The summed E-state index contributed by atoms with van der Waals surface area (Å²) in [6.07, 6.45) is 3.09. The van der Waals surface area contributed by atoms with Crippen LogP contribution in [0.4, 0.5) is 0 Å². The summed E-state index contributed by atoms with van der Waals surface area (Å²) >= 11 is 0. The Morgan fingerprint density at radius 1 is 1.29 bits per heavy atom. The van der Waals surface area contributed by atoms with Crippen LogP contribution in [0.5, 0.6) is 5.75 Å². The van der Waals surface area contributed by atoms with E-state index in [-0.39, 0.29) is 17.9 Å². The first-order valence-electron chi connectivity index (χ1n) is 7.91. The van der Waals surface area contributed by atoms with E-state index in [0.29, 0.717) is 18.2 Å². The van der Waals surface area contributed by atoms with Crippen LogP contribution in [0.2, 0.25) is 0 Å². The quantitative estimate of drug-likeness (QED) is 0.729. The van der Waals surface area contributed by atoms with Gasteiger partial charge in [0.05, 0.1) is 0 Å². The average molecular weight is 288 g/mol. The normalized spacial score (nSPS) is 23.9. The van der Waals surface area contributed by atoms with Crippen molar-refractivity contribution in [1.82, 2.24) is 10.6 Å². The van der Waals surface area contributed by atoms with E-state index in [9.17, 15) is 9.90 Å². The number of nitrogens with one attached hydrogen (secondary N) is 2. The Balaban J connectivity index is 1.58. The minimum absolute atomic E-state index is 0.188. The van der Waals surface area contributed by atoms with Crippen LogP contribution in [0.3, 0.4) is 0 Å². The molecule has 21 heavy (non-hydrogen) atoms. The fourth-order valence-electron chi connectivity index (χ4n) is 3.45. The molecule has 3 rings (SSSR count). The molecule has 0 bridgehead atoms. The number of phenolic OH excluding ortho intramolecular Hbond substituents is 1. The Kier molecular flexibility index (Phi) is 3.89. The Hall–Kier alpha value is -1.55. The molecular weight excluding hydrogens is 264 g/mol. The highest BCUT2D eigenvalue weighted by atomic mass is 16.3. The van der Waals surface area contributed by atoms with Gasteiger partial charge in [0.2, 0.25) is 5.91 Å². The van der Waals surface area contributed by atoms with Crippen LogP contribution in [-0.2, 0) is 4.79 Å². The van der Waals surface area contributed by atoms with Crippen LogP contribution in [0.25, 0.3) is 0 Å². The van der Waals surface area contributed by atoms with Crippen molar-refractivity contribution in [3.8, 4) is 5.75 Å². The third kappa shape index (κ3) is 2.91. The minimum Gasteiger partial charge on any atom is -0.508 e. The maximum Gasteiger partial charge on any atom is 0.223 e. The number of fused-ring (bicyclic) bond motifs is 1. The molecule has 0 heterocycles. The molecule has 4 heteroatoms. The summed E-state index contributed by atoms with van der Waals surface area (Å²) < 4.78 is 0. The number of phenols is 1. The number of carbonyl (C=O) groups is 1. The molecule has 3 N–H and O–H groups in total. The summed E-state index contributed by atoms with van der Waals surface area (Å²) in [5, 5.41) is 16.6. The Bertz CT molecular complexity index is 552. The van der Waals surface area contributed by atoms with Crippen molar-refractivity contribution in [3.63, 3.8) is 0 Å². The third-order valence-corrected chi connectivity index (χ3v) is 4.68. The number of benzene rings is 1. The number of aromatic hydroxyl groups is 1. The molecule has 2 unspecified atom stereocenters. The average Bonchev–Trinajstić information content (AvgIpc) is 3.24. The second kappa shape index (κ2) is 5.68. The molecule has 1 saturated carbocycles. The summed E-state index contributed by atoms with van der Waals surface area (Å²) in [5.74, 6) is 1.31. The van der Waals surface area contributed by atoms with Gasteiger partial charge >= 0.3 is 0 Å². The van der Waals surface area contributed by atoms with Crippen molar-refractivity contribution in [1.29, 1.82) is 0 Å². The molecule has 2 aliphatic carbocycles. The van der Waals surface area contributed by atoms with Crippen LogP contribution >= 0.6 is 0 Å². The SMILES string of the molecule is Cc1ccc(O)c2c1C(C)CC2NCCNC(=O)C1CC1. The zero-order valence-corrected chi connectivity index (χ0v) is 12.8. The Morgan fingerprint density at radius 2 is 2.05 bits per heavy atom. The van der Waals surface area contributed by atoms with Gasteiger partial charge in [-0.25, -0.2) is 0 Å². The molecule has 4 nitrogen and oxygen atoms in total. The van der Waals surface area contributed by atoms with E-state index in [1.807, 2.05) is 6.07 Å². The monoisotopic (exact) mass is 288 g/mol. The summed E-state index contributed by atoms with van der Waals surface area (Å²) in [4.78, 5) is 11.6. The second-order valence-electron chi connectivity index (χ2n) is 6.44. The highest BCUT2D eigenvalue weighted by Gasteiger charge is 2.32. The van der Waals surface area contributed by atoms with Crippen LogP contribution in [-0.4, -0.2) is 24.1 Å². The summed E-state index contributed by atoms with van der Waals surface area (Å²) in [6, 6.07) is 3.96. The highest BCUT2D eigenvalue weighted by Crippen LogP contribution is 2.45. The number of carbonyl (C=O) groups excluding carboxylic acids is 1. The molecule has 1 aromatic rings. The van der Waals surface area contributed by atoms with Crippen molar-refractivity contribution in [2.45, 2.75) is 45.1 Å². The van der Waals surface area contributed by atoms with Crippen molar-refractivity contribution in [3.05, 3.63) is 28.8 Å². The van der Waals surface area contributed by atoms with E-state index in [1.165, 1.54) is 11.1 Å². The van der Waals surface area contributed by atoms with Gasteiger partial charge in [-0.3, -0.25) is 4.79 Å². The lowest BCUT2D eigenvalue weighted by Crippen LogP contribution is -2.33. The fourth-order valence-corrected chi connectivity index (χ4v) is 3.45. The number of amides is 1. The molecule has 0 spiro atoms. The first-order valence-corrected chi connectivity index (χ1v) is 7.91. The fraction of sp³-hybridized carbons (Fsp3) is 0.588. The minimum atomic E-state index is 0.188. The molecule has 1 amide bonds. The number of aryl methyl sites for hydroxylation is 1. The third-order valence-electron chi connectivity index (χ3n) is 4.68. The lowest BCUT2D eigenvalue weighted by molar-refractivity contribution is -0.122. The van der Waals surface area contributed by atoms with Gasteiger partial charge in [0, 0.05) is 30.6 Å². The highest BCUT2D eigenvalue weighted by molar-refractivity contribution is 5.80. The molecule has 2 aliphatic rings. The van der Waals surface area contributed by atoms with Crippen molar-refractivity contribution in [2.75, 3.05) is 13.1 Å². The molecular formula is C17H24N2O2. The molecule has 2 atom stereocenters. The van der Waals surface area contributed by atoms with E-state index in [1.54, 1.807) is 6.07 Å². The summed E-state index contributed by atoms with van der Waals surface area (Å²) in [5.41, 5.74) is 3.59. The molecule has 114 valence electrons. The summed E-state index contributed by atoms with van der Waals surface area (Å²) in [7, 11) is 0. The Morgan fingerprint density at radius 3 is 2.76 bits per heavy atom.